The summed E-state index contributed by atoms with van der Waals surface area (Å²) in [6, 6.07) is 9.28. The van der Waals surface area contributed by atoms with Gasteiger partial charge in [0.05, 0.1) is 18.0 Å². The van der Waals surface area contributed by atoms with E-state index in [1.54, 1.807) is 19.1 Å². The molecular weight excluding hydrogens is 608 g/mol. The molecule has 0 spiro atoms. The molecule has 4 atom stereocenters. The van der Waals surface area contributed by atoms with E-state index in [1.807, 2.05) is 12.1 Å². The minimum atomic E-state index is -0.461. The number of carbonyl (C=O) groups excluding carboxylic acids is 1. The summed E-state index contributed by atoms with van der Waals surface area (Å²) in [4.78, 5) is 17.0. The number of hydrogen-bond acceptors (Lipinski definition) is 9. The van der Waals surface area contributed by atoms with Crippen molar-refractivity contribution < 1.29 is 31.8 Å². The molecule has 0 saturated heterocycles. The van der Waals surface area contributed by atoms with E-state index in [2.05, 4.69) is 21.3 Å². The first-order valence-electron chi connectivity index (χ1n) is 14.8. The second-order valence-electron chi connectivity index (χ2n) is 10.7. The van der Waals surface area contributed by atoms with E-state index in [0.717, 1.165) is 43.2 Å². The second-order valence-corrected chi connectivity index (χ2v) is 12.7. The van der Waals surface area contributed by atoms with Crippen LogP contribution in [0.5, 0.6) is 5.75 Å². The molecule has 3 heterocycles. The van der Waals surface area contributed by atoms with Crippen LogP contribution in [0.4, 0.5) is 0 Å². The number of halogens is 2. The van der Waals surface area contributed by atoms with Crippen molar-refractivity contribution in [2.24, 2.45) is 0 Å². The van der Waals surface area contributed by atoms with Crippen LogP contribution in [-0.2, 0) is 37.6 Å². The first-order valence-corrected chi connectivity index (χ1v) is 18.0. The first kappa shape index (κ1) is 32.6. The van der Waals surface area contributed by atoms with Crippen LogP contribution in [0.2, 0.25) is 0 Å². The summed E-state index contributed by atoms with van der Waals surface area (Å²) in [6.45, 7) is 5.67. The van der Waals surface area contributed by atoms with E-state index in [1.165, 1.54) is 44.9 Å². The Bertz CT molecular complexity index is 1080. The van der Waals surface area contributed by atoms with Gasteiger partial charge in [-0.1, -0.05) is 25.7 Å². The van der Waals surface area contributed by atoms with Gasteiger partial charge in [0.1, 0.15) is 18.1 Å². The molecular formula is C29H43Cl2MnN5O4. The molecule has 0 radical (unpaired) electrons. The van der Waals surface area contributed by atoms with Gasteiger partial charge in [-0.3, -0.25) is 4.98 Å². The number of furan rings is 1. The Hall–Kier alpha value is -1.36. The average molecular weight is 652 g/mol. The van der Waals surface area contributed by atoms with Gasteiger partial charge in [0.2, 0.25) is 5.76 Å². The van der Waals surface area contributed by atoms with E-state index >= 15 is 0 Å². The molecule has 229 valence electrons. The number of rotatable bonds is 5. The molecule has 12 heteroatoms. The van der Waals surface area contributed by atoms with Gasteiger partial charge in [-0.2, -0.15) is 0 Å². The van der Waals surface area contributed by atoms with E-state index in [0.29, 0.717) is 43.1 Å². The monoisotopic (exact) mass is 650 g/mol. The summed E-state index contributed by atoms with van der Waals surface area (Å²) in [7, 11) is 9.59. The van der Waals surface area contributed by atoms with Gasteiger partial charge in [0, 0.05) is 50.3 Å². The fourth-order valence-electron chi connectivity index (χ4n) is 6.02. The van der Waals surface area contributed by atoms with Crippen LogP contribution in [0.15, 0.2) is 28.7 Å². The summed E-state index contributed by atoms with van der Waals surface area (Å²) in [6.07, 6.45) is 9.88. The van der Waals surface area contributed by atoms with Gasteiger partial charge in [0.15, 0.2) is 0 Å². The summed E-state index contributed by atoms with van der Waals surface area (Å²) in [5, 5.41) is 15.2. The molecule has 2 aromatic rings. The summed E-state index contributed by atoms with van der Waals surface area (Å²) in [5.41, 5.74) is 1.92. The zero-order chi connectivity index (χ0) is 28.9. The van der Waals surface area contributed by atoms with Crippen molar-refractivity contribution >= 4 is 26.2 Å². The SMILES string of the molecule is CCOC(=O)c1ccc(COc2ccc3nc2CN[C@@H]2CCCC[C@H]2NCCN[C@@H]2CCCC[C@H]2NC3)o1.[Cl][Mn][Cl]. The van der Waals surface area contributed by atoms with Gasteiger partial charge in [-0.15, -0.1) is 0 Å². The van der Waals surface area contributed by atoms with Crippen molar-refractivity contribution in [3.05, 3.63) is 47.2 Å². The fourth-order valence-corrected chi connectivity index (χ4v) is 6.02. The Morgan fingerprint density at radius 3 is 2.10 bits per heavy atom. The van der Waals surface area contributed by atoms with Crippen LogP contribution in [0, 0.1) is 0 Å². The number of pyridine rings is 1. The number of hydrogen-bond donors (Lipinski definition) is 4. The third kappa shape index (κ3) is 10.1. The molecule has 9 nitrogen and oxygen atoms in total. The summed E-state index contributed by atoms with van der Waals surface area (Å²) < 4.78 is 16.8. The Morgan fingerprint density at radius 1 is 0.902 bits per heavy atom. The third-order valence-corrected chi connectivity index (χ3v) is 8.05. The Kier molecular flexibility index (Phi) is 14.0. The molecule has 2 aromatic heterocycles. The quantitative estimate of drug-likeness (QED) is 0.268. The molecule has 5 rings (SSSR count). The normalized spacial score (nSPS) is 25.2. The average Bonchev–Trinajstić information content (AvgIpc) is 3.47. The van der Waals surface area contributed by atoms with Crippen LogP contribution in [-0.4, -0.2) is 54.8 Å². The number of carbonyl (C=O) groups is 1. The van der Waals surface area contributed by atoms with Gasteiger partial charge in [0.25, 0.3) is 0 Å². The van der Waals surface area contributed by atoms with E-state index in [4.69, 9.17) is 39.1 Å². The van der Waals surface area contributed by atoms with Crippen molar-refractivity contribution in [3.63, 3.8) is 0 Å². The molecule has 4 N–H and O–H groups in total. The maximum atomic E-state index is 11.9. The van der Waals surface area contributed by atoms with Crippen LogP contribution < -0.4 is 26.0 Å². The van der Waals surface area contributed by atoms with Gasteiger partial charge < -0.3 is 35.2 Å². The van der Waals surface area contributed by atoms with Crippen molar-refractivity contribution in [1.82, 2.24) is 26.3 Å². The molecule has 41 heavy (non-hydrogen) atoms. The number of nitrogens with zero attached hydrogens (tertiary/aromatic N) is 1. The van der Waals surface area contributed by atoms with Crippen molar-refractivity contribution in [2.75, 3.05) is 19.7 Å². The van der Waals surface area contributed by atoms with Crippen molar-refractivity contribution in [2.45, 2.75) is 102 Å². The Morgan fingerprint density at radius 2 is 1.49 bits per heavy atom. The van der Waals surface area contributed by atoms with Crippen LogP contribution in [0.1, 0.15) is 86.0 Å². The van der Waals surface area contributed by atoms with Gasteiger partial charge in [-0.05, 0) is 56.9 Å². The molecule has 2 bridgehead atoms. The fraction of sp³-hybridized carbons (Fsp3) is 0.655. The second kappa shape index (κ2) is 17.7. The summed E-state index contributed by atoms with van der Waals surface area (Å²) >= 11 is 0.00694. The van der Waals surface area contributed by atoms with E-state index in [-0.39, 0.29) is 25.5 Å². The van der Waals surface area contributed by atoms with Crippen molar-refractivity contribution in [3.8, 4) is 5.75 Å². The topological polar surface area (TPSA) is 110 Å². The Balaban J connectivity index is 0.00000124. The molecule has 3 aliphatic rings. The first-order chi connectivity index (χ1) is 20.1. The molecule has 2 fully saturated rings. The van der Waals surface area contributed by atoms with Crippen LogP contribution >= 0.6 is 20.2 Å². The van der Waals surface area contributed by atoms with Crippen LogP contribution in [0.25, 0.3) is 0 Å². The number of fused-ring (bicyclic) bond motifs is 4. The van der Waals surface area contributed by atoms with Gasteiger partial charge in [-0.25, -0.2) is 4.79 Å². The van der Waals surface area contributed by atoms with E-state index in [9.17, 15) is 4.79 Å². The van der Waals surface area contributed by atoms with Crippen LogP contribution in [0.3, 0.4) is 0 Å². The standard InChI is InChI=1S/C29H43N5O4.2ClH.Mn/c1-2-36-29(35)28-14-12-21(38-28)19-37-27-13-11-20-17-32-24-9-5-3-7-22(24)30-15-16-31-23-8-4-6-10-25(23)33-18-26(27)34-20;;;/h11-14,22-25,30-33H,2-10,15-19H2,1H3;2*1H;/q;;;+2/p-2/t22-,23-,24-,25-;;;/m1.../s1. The molecule has 1 aliphatic heterocycles. The molecule has 0 amide bonds. The molecule has 0 aromatic carbocycles. The third-order valence-electron chi connectivity index (χ3n) is 8.05. The molecule has 2 aliphatic carbocycles. The summed E-state index contributed by atoms with van der Waals surface area (Å²) in [5.74, 6) is 1.04. The number of ether oxygens (including phenoxy) is 2. The maximum absolute atomic E-state index is 11.9. The molecule has 0 unspecified atom stereocenters. The number of esters is 1. The van der Waals surface area contributed by atoms with Gasteiger partial charge >= 0.3 is 39.3 Å². The molecule has 2 saturated carbocycles. The number of nitrogens with one attached hydrogen (secondary N) is 4. The van der Waals surface area contributed by atoms with E-state index < -0.39 is 5.97 Å². The zero-order valence-corrected chi connectivity index (χ0v) is 26.4. The zero-order valence-electron chi connectivity index (χ0n) is 23.7. The predicted molar refractivity (Wildman–Crippen MR) is 157 cm³/mol. The number of aromatic nitrogens is 1. The predicted octanol–water partition coefficient (Wildman–Crippen LogP) is 4.80. The minimum absolute atomic E-state index is 0.00694. The Labute approximate surface area is 258 Å². The van der Waals surface area contributed by atoms with Crippen molar-refractivity contribution in [1.29, 1.82) is 0 Å².